The van der Waals surface area contributed by atoms with Crippen LogP contribution in [0.3, 0.4) is 0 Å². The Morgan fingerprint density at radius 3 is 2.71 bits per heavy atom. The minimum absolute atomic E-state index is 0.0424. The fourth-order valence-corrected chi connectivity index (χ4v) is 3.62. The maximum absolute atomic E-state index is 12.4. The van der Waals surface area contributed by atoms with E-state index in [-0.39, 0.29) is 19.4 Å². The summed E-state index contributed by atoms with van der Waals surface area (Å²) in [7, 11) is 0. The molecule has 0 unspecified atom stereocenters. The normalized spacial score (nSPS) is 10.5. The van der Waals surface area contributed by atoms with Gasteiger partial charge in [0.2, 0.25) is 5.78 Å². The first-order chi connectivity index (χ1) is 17.0. The number of carbonyl (C=O) groups is 3. The van der Waals surface area contributed by atoms with Crippen LogP contribution in [-0.4, -0.2) is 27.6 Å². The molecule has 0 spiro atoms. The standard InChI is InChI=1S/C27H22N4O4/c1-2-24(32)27(34)31-21-8-4-7-20(12-21)23-15-30-26-22(23)10-19(14-29-26)11-25(33)35-16-18-6-3-5-17(9-18)13-28/h3-10,12,14-15H,2,11,16H2,1H3,(H,29,30)(H,31,34). The fraction of sp³-hybridized carbons (Fsp3) is 0.148. The highest BCUT2D eigenvalue weighted by Gasteiger charge is 2.14. The van der Waals surface area contributed by atoms with Gasteiger partial charge >= 0.3 is 5.97 Å². The number of rotatable bonds is 8. The molecular formula is C27H22N4O4. The monoisotopic (exact) mass is 466 g/mol. The number of hydrogen-bond donors (Lipinski definition) is 2. The van der Waals surface area contributed by atoms with Crippen molar-refractivity contribution in [1.82, 2.24) is 9.97 Å². The van der Waals surface area contributed by atoms with Crippen molar-refractivity contribution < 1.29 is 19.1 Å². The summed E-state index contributed by atoms with van der Waals surface area (Å²) in [5.41, 5.74) is 4.76. The molecule has 1 amide bonds. The topological polar surface area (TPSA) is 125 Å². The average molecular weight is 466 g/mol. The second-order valence-electron chi connectivity index (χ2n) is 7.90. The van der Waals surface area contributed by atoms with Gasteiger partial charge < -0.3 is 15.0 Å². The number of hydrogen-bond acceptors (Lipinski definition) is 6. The number of esters is 1. The molecule has 8 heteroatoms. The SMILES string of the molecule is CCC(=O)C(=O)Nc1cccc(-c2c[nH]c3ncc(CC(=O)OCc4cccc(C#N)c4)cc23)c1. The maximum Gasteiger partial charge on any atom is 0.310 e. The van der Waals surface area contributed by atoms with Gasteiger partial charge in [0.15, 0.2) is 0 Å². The largest absolute Gasteiger partial charge is 0.461 e. The van der Waals surface area contributed by atoms with Gasteiger partial charge in [-0.05, 0) is 47.0 Å². The summed E-state index contributed by atoms with van der Waals surface area (Å²) in [5.74, 6) is -1.54. The number of anilines is 1. The number of Topliss-reactive ketones (excluding diaryl/α,β-unsaturated/α-hetero) is 1. The Bertz CT molecular complexity index is 1470. The van der Waals surface area contributed by atoms with Gasteiger partial charge in [-0.2, -0.15) is 5.26 Å². The lowest BCUT2D eigenvalue weighted by atomic mass is 10.0. The first-order valence-corrected chi connectivity index (χ1v) is 11.0. The number of ether oxygens (including phenoxy) is 1. The Hall–Kier alpha value is -4.77. The number of nitrogens with one attached hydrogen (secondary N) is 2. The van der Waals surface area contributed by atoms with E-state index < -0.39 is 17.7 Å². The van der Waals surface area contributed by atoms with Crippen molar-refractivity contribution in [1.29, 1.82) is 5.26 Å². The number of aromatic amines is 1. The third-order valence-electron chi connectivity index (χ3n) is 5.40. The van der Waals surface area contributed by atoms with Crippen LogP contribution in [0.2, 0.25) is 0 Å². The highest BCUT2D eigenvalue weighted by Crippen LogP contribution is 2.30. The number of nitriles is 1. The van der Waals surface area contributed by atoms with Crippen LogP contribution in [0.5, 0.6) is 0 Å². The first kappa shape index (κ1) is 23.4. The van der Waals surface area contributed by atoms with E-state index in [9.17, 15) is 14.4 Å². The second kappa shape index (κ2) is 10.4. The highest BCUT2D eigenvalue weighted by molar-refractivity contribution is 6.40. The molecule has 0 aliphatic heterocycles. The molecule has 0 bridgehead atoms. The zero-order chi connectivity index (χ0) is 24.8. The van der Waals surface area contributed by atoms with Crippen LogP contribution in [0.1, 0.15) is 30.0 Å². The number of ketones is 1. The van der Waals surface area contributed by atoms with Crippen LogP contribution >= 0.6 is 0 Å². The maximum atomic E-state index is 12.4. The van der Waals surface area contributed by atoms with Crippen LogP contribution in [0.15, 0.2) is 67.0 Å². The number of aromatic nitrogens is 2. The van der Waals surface area contributed by atoms with E-state index in [0.29, 0.717) is 22.5 Å². The zero-order valence-electron chi connectivity index (χ0n) is 19.0. The van der Waals surface area contributed by atoms with Gasteiger partial charge in [0.25, 0.3) is 5.91 Å². The van der Waals surface area contributed by atoms with E-state index in [1.807, 2.05) is 12.1 Å². The molecule has 0 fully saturated rings. The number of nitrogens with zero attached hydrogens (tertiary/aromatic N) is 2. The van der Waals surface area contributed by atoms with Gasteiger partial charge in [0.05, 0.1) is 18.1 Å². The molecular weight excluding hydrogens is 444 g/mol. The molecule has 2 aromatic carbocycles. The van der Waals surface area contributed by atoms with Crippen LogP contribution in [0.25, 0.3) is 22.2 Å². The van der Waals surface area contributed by atoms with Crippen molar-refractivity contribution in [2.45, 2.75) is 26.4 Å². The second-order valence-corrected chi connectivity index (χ2v) is 7.90. The quantitative estimate of drug-likeness (QED) is 0.295. The van der Waals surface area contributed by atoms with E-state index in [1.54, 1.807) is 61.8 Å². The Morgan fingerprint density at radius 2 is 1.91 bits per heavy atom. The molecule has 35 heavy (non-hydrogen) atoms. The summed E-state index contributed by atoms with van der Waals surface area (Å²) in [6.07, 6.45) is 3.60. The van der Waals surface area contributed by atoms with Crippen molar-refractivity contribution in [3.8, 4) is 17.2 Å². The Labute approximate surface area is 201 Å². The van der Waals surface area contributed by atoms with Crippen molar-refractivity contribution in [2.75, 3.05) is 5.32 Å². The van der Waals surface area contributed by atoms with Gasteiger partial charge in [-0.15, -0.1) is 0 Å². The van der Waals surface area contributed by atoms with E-state index in [4.69, 9.17) is 10.00 Å². The molecule has 4 aromatic rings. The molecule has 174 valence electrons. The number of H-pyrrole nitrogens is 1. The lowest BCUT2D eigenvalue weighted by Gasteiger charge is -2.07. The summed E-state index contributed by atoms with van der Waals surface area (Å²) in [6, 6.07) is 18.0. The first-order valence-electron chi connectivity index (χ1n) is 11.0. The molecule has 0 radical (unpaired) electrons. The third-order valence-corrected chi connectivity index (χ3v) is 5.40. The third kappa shape index (κ3) is 5.60. The van der Waals surface area contributed by atoms with E-state index >= 15 is 0 Å². The Morgan fingerprint density at radius 1 is 1.09 bits per heavy atom. The zero-order valence-corrected chi connectivity index (χ0v) is 19.0. The van der Waals surface area contributed by atoms with Gasteiger partial charge in [-0.25, -0.2) is 4.98 Å². The van der Waals surface area contributed by atoms with E-state index in [0.717, 1.165) is 22.1 Å². The Balaban J connectivity index is 1.49. The molecule has 0 saturated carbocycles. The summed E-state index contributed by atoms with van der Waals surface area (Å²) in [5, 5.41) is 12.4. The molecule has 0 atom stereocenters. The molecule has 0 aliphatic rings. The van der Waals surface area contributed by atoms with Crippen LogP contribution in [0, 0.1) is 11.3 Å². The smallest absolute Gasteiger partial charge is 0.310 e. The van der Waals surface area contributed by atoms with Crippen molar-refractivity contribution in [2.24, 2.45) is 0 Å². The summed E-state index contributed by atoms with van der Waals surface area (Å²) in [4.78, 5) is 43.5. The van der Waals surface area contributed by atoms with E-state index in [2.05, 4.69) is 21.4 Å². The van der Waals surface area contributed by atoms with Gasteiger partial charge in [0.1, 0.15) is 12.3 Å². The number of benzene rings is 2. The average Bonchev–Trinajstić information content (AvgIpc) is 3.30. The molecule has 0 aliphatic carbocycles. The molecule has 8 nitrogen and oxygen atoms in total. The highest BCUT2D eigenvalue weighted by atomic mass is 16.5. The number of amides is 1. The summed E-state index contributed by atoms with van der Waals surface area (Å²) in [6.45, 7) is 1.72. The van der Waals surface area contributed by atoms with Gasteiger partial charge in [-0.1, -0.05) is 31.2 Å². The number of fused-ring (bicyclic) bond motifs is 1. The minimum Gasteiger partial charge on any atom is -0.461 e. The fourth-order valence-electron chi connectivity index (χ4n) is 3.62. The minimum atomic E-state index is -0.648. The van der Waals surface area contributed by atoms with Crippen LogP contribution < -0.4 is 5.32 Å². The lowest BCUT2D eigenvalue weighted by molar-refractivity contribution is -0.144. The lowest BCUT2D eigenvalue weighted by Crippen LogP contribution is -2.21. The molecule has 2 aromatic heterocycles. The van der Waals surface area contributed by atoms with Crippen LogP contribution in [0.4, 0.5) is 5.69 Å². The van der Waals surface area contributed by atoms with E-state index in [1.165, 1.54) is 0 Å². The number of carbonyl (C=O) groups excluding carboxylic acids is 3. The Kier molecular flexibility index (Phi) is 6.98. The molecule has 2 heterocycles. The van der Waals surface area contributed by atoms with Crippen molar-refractivity contribution >= 4 is 34.4 Å². The summed E-state index contributed by atoms with van der Waals surface area (Å²) < 4.78 is 5.37. The van der Waals surface area contributed by atoms with Gasteiger partial charge in [-0.3, -0.25) is 14.4 Å². The predicted molar refractivity (Wildman–Crippen MR) is 130 cm³/mol. The summed E-state index contributed by atoms with van der Waals surface area (Å²) >= 11 is 0. The van der Waals surface area contributed by atoms with Crippen LogP contribution in [-0.2, 0) is 32.1 Å². The number of pyridine rings is 1. The molecule has 0 saturated heterocycles. The molecule has 4 rings (SSSR count). The molecule has 2 N–H and O–H groups in total. The predicted octanol–water partition coefficient (Wildman–Crippen LogP) is 4.31. The van der Waals surface area contributed by atoms with Gasteiger partial charge in [0, 0.05) is 35.5 Å². The van der Waals surface area contributed by atoms with Crippen molar-refractivity contribution in [3.63, 3.8) is 0 Å². The van der Waals surface area contributed by atoms with Crippen molar-refractivity contribution in [3.05, 3.63) is 83.7 Å².